The molecule has 0 unspecified atom stereocenters. The fraction of sp³-hybridized carbons (Fsp3) is 0.737. The highest BCUT2D eigenvalue weighted by molar-refractivity contribution is 7.09. The number of thiophene rings is 1. The molecule has 0 aliphatic carbocycles. The highest BCUT2D eigenvalue weighted by atomic mass is 32.1. The predicted octanol–water partition coefficient (Wildman–Crippen LogP) is 2.36. The molecule has 3 rings (SSSR count). The van der Waals surface area contributed by atoms with E-state index in [-0.39, 0.29) is 5.54 Å². The van der Waals surface area contributed by atoms with Crippen molar-refractivity contribution in [2.24, 2.45) is 4.99 Å². The van der Waals surface area contributed by atoms with Gasteiger partial charge in [0.15, 0.2) is 5.96 Å². The summed E-state index contributed by atoms with van der Waals surface area (Å²) in [4.78, 5) is 11.0. The Morgan fingerprint density at radius 3 is 2.56 bits per heavy atom. The minimum absolute atomic E-state index is 0.285. The number of nitrogens with zero attached hydrogens (tertiary/aromatic N) is 3. The third-order valence-electron chi connectivity index (χ3n) is 5.76. The standard InChI is InChI=1S/C19H33N5S/c1-20-18(21-15-17-7-6-14-25-17)22-16-19(8-12-23(2)13-9-19)24-10-4-3-5-11-24/h6-7,14H,3-5,8-13,15-16H2,1-2H3,(H2,20,21,22). The van der Waals surface area contributed by atoms with Crippen molar-refractivity contribution in [3.63, 3.8) is 0 Å². The third kappa shape index (κ3) is 4.96. The third-order valence-corrected chi connectivity index (χ3v) is 6.64. The molecule has 5 nitrogen and oxygen atoms in total. The molecular formula is C19H33N5S. The van der Waals surface area contributed by atoms with Crippen LogP contribution < -0.4 is 10.6 Å². The molecule has 1 aromatic heterocycles. The maximum Gasteiger partial charge on any atom is 0.191 e. The maximum absolute atomic E-state index is 4.43. The molecule has 0 bridgehead atoms. The number of rotatable bonds is 5. The number of guanidine groups is 1. The van der Waals surface area contributed by atoms with Gasteiger partial charge in [-0.3, -0.25) is 9.89 Å². The van der Waals surface area contributed by atoms with Crippen molar-refractivity contribution in [3.05, 3.63) is 22.4 Å². The molecule has 3 heterocycles. The first-order valence-electron chi connectivity index (χ1n) is 9.62. The van der Waals surface area contributed by atoms with E-state index in [0.29, 0.717) is 0 Å². The molecule has 25 heavy (non-hydrogen) atoms. The molecule has 0 amide bonds. The van der Waals surface area contributed by atoms with E-state index in [9.17, 15) is 0 Å². The van der Waals surface area contributed by atoms with Crippen molar-refractivity contribution in [1.82, 2.24) is 20.4 Å². The lowest BCUT2D eigenvalue weighted by Gasteiger charge is -2.50. The first-order valence-corrected chi connectivity index (χ1v) is 10.5. The van der Waals surface area contributed by atoms with Crippen molar-refractivity contribution >= 4 is 17.3 Å². The molecule has 0 aromatic carbocycles. The van der Waals surface area contributed by atoms with Crippen molar-refractivity contribution in [1.29, 1.82) is 0 Å². The maximum atomic E-state index is 4.43. The van der Waals surface area contributed by atoms with Crippen molar-refractivity contribution < 1.29 is 0 Å². The van der Waals surface area contributed by atoms with E-state index >= 15 is 0 Å². The Balaban J connectivity index is 1.59. The fourth-order valence-electron chi connectivity index (χ4n) is 4.06. The van der Waals surface area contributed by atoms with E-state index in [1.54, 1.807) is 11.3 Å². The molecule has 2 aliphatic rings. The Labute approximate surface area is 156 Å². The van der Waals surface area contributed by atoms with E-state index in [4.69, 9.17) is 0 Å². The van der Waals surface area contributed by atoms with Gasteiger partial charge in [0.2, 0.25) is 0 Å². The van der Waals surface area contributed by atoms with Crippen LogP contribution in [0.25, 0.3) is 0 Å². The van der Waals surface area contributed by atoms with Gasteiger partial charge in [0.25, 0.3) is 0 Å². The van der Waals surface area contributed by atoms with Crippen LogP contribution in [0, 0.1) is 0 Å². The molecule has 0 spiro atoms. The zero-order chi connectivity index (χ0) is 17.5. The van der Waals surface area contributed by atoms with Crippen LogP contribution in [0.1, 0.15) is 37.0 Å². The minimum Gasteiger partial charge on any atom is -0.355 e. The molecule has 140 valence electrons. The van der Waals surface area contributed by atoms with Gasteiger partial charge in [0.1, 0.15) is 0 Å². The zero-order valence-corrected chi connectivity index (χ0v) is 16.6. The molecule has 1 aromatic rings. The van der Waals surface area contributed by atoms with E-state index in [2.05, 4.69) is 50.0 Å². The van der Waals surface area contributed by atoms with E-state index in [1.165, 1.54) is 63.2 Å². The Morgan fingerprint density at radius 1 is 1.16 bits per heavy atom. The second kappa shape index (κ2) is 9.01. The molecule has 2 aliphatic heterocycles. The Kier molecular flexibility index (Phi) is 6.73. The lowest BCUT2D eigenvalue weighted by molar-refractivity contribution is 0.0173. The van der Waals surface area contributed by atoms with Crippen LogP contribution in [0.3, 0.4) is 0 Å². The Hall–Kier alpha value is -1.11. The number of hydrogen-bond acceptors (Lipinski definition) is 4. The molecule has 0 radical (unpaired) electrons. The summed E-state index contributed by atoms with van der Waals surface area (Å²) >= 11 is 1.78. The Morgan fingerprint density at radius 2 is 1.92 bits per heavy atom. The van der Waals surface area contributed by atoms with E-state index in [1.807, 2.05) is 7.05 Å². The second-order valence-corrected chi connectivity index (χ2v) is 8.47. The van der Waals surface area contributed by atoms with Gasteiger partial charge in [-0.25, -0.2) is 0 Å². The number of hydrogen-bond donors (Lipinski definition) is 2. The van der Waals surface area contributed by atoms with Crippen LogP contribution in [-0.2, 0) is 6.54 Å². The molecule has 0 atom stereocenters. The summed E-state index contributed by atoms with van der Waals surface area (Å²) in [5.74, 6) is 0.920. The molecule has 0 saturated carbocycles. The number of likely N-dealkylation sites (tertiary alicyclic amines) is 2. The van der Waals surface area contributed by atoms with Crippen LogP contribution in [0.15, 0.2) is 22.5 Å². The quantitative estimate of drug-likeness (QED) is 0.623. The first kappa shape index (κ1) is 18.7. The summed E-state index contributed by atoms with van der Waals surface area (Å²) in [5.41, 5.74) is 0.285. The summed E-state index contributed by atoms with van der Waals surface area (Å²) in [5, 5.41) is 9.22. The van der Waals surface area contributed by atoms with Gasteiger partial charge < -0.3 is 15.5 Å². The predicted molar refractivity (Wildman–Crippen MR) is 107 cm³/mol. The summed E-state index contributed by atoms with van der Waals surface area (Å²) in [6.07, 6.45) is 6.59. The summed E-state index contributed by atoms with van der Waals surface area (Å²) < 4.78 is 0. The highest BCUT2D eigenvalue weighted by Gasteiger charge is 2.39. The van der Waals surface area contributed by atoms with Crippen LogP contribution in [0.5, 0.6) is 0 Å². The van der Waals surface area contributed by atoms with Crippen LogP contribution in [0.2, 0.25) is 0 Å². The van der Waals surface area contributed by atoms with Crippen molar-refractivity contribution in [2.45, 2.75) is 44.2 Å². The molecule has 2 N–H and O–H groups in total. The summed E-state index contributed by atoms with van der Waals surface area (Å²) in [7, 11) is 4.11. The first-order chi connectivity index (χ1) is 12.2. The lowest BCUT2D eigenvalue weighted by Crippen LogP contribution is -2.62. The smallest absolute Gasteiger partial charge is 0.191 e. The van der Waals surface area contributed by atoms with Gasteiger partial charge >= 0.3 is 0 Å². The molecule has 6 heteroatoms. The van der Waals surface area contributed by atoms with Crippen molar-refractivity contribution in [2.75, 3.05) is 46.8 Å². The van der Waals surface area contributed by atoms with Gasteiger partial charge in [-0.1, -0.05) is 12.5 Å². The largest absolute Gasteiger partial charge is 0.355 e. The molecule has 2 fully saturated rings. The number of piperidine rings is 2. The van der Waals surface area contributed by atoms with E-state index in [0.717, 1.165) is 19.0 Å². The zero-order valence-electron chi connectivity index (χ0n) is 15.8. The Bertz CT molecular complexity index is 528. The number of nitrogens with one attached hydrogen (secondary N) is 2. The van der Waals surface area contributed by atoms with Gasteiger partial charge in [-0.05, 0) is 70.4 Å². The van der Waals surface area contributed by atoms with Gasteiger partial charge in [0, 0.05) is 24.0 Å². The molecular weight excluding hydrogens is 330 g/mol. The van der Waals surface area contributed by atoms with Gasteiger partial charge in [0.05, 0.1) is 6.54 Å². The second-order valence-electron chi connectivity index (χ2n) is 7.43. The van der Waals surface area contributed by atoms with Crippen molar-refractivity contribution in [3.8, 4) is 0 Å². The normalized spacial score (nSPS) is 22.7. The van der Waals surface area contributed by atoms with Crippen LogP contribution in [0.4, 0.5) is 0 Å². The highest BCUT2D eigenvalue weighted by Crippen LogP contribution is 2.30. The van der Waals surface area contributed by atoms with Crippen LogP contribution in [-0.4, -0.2) is 68.1 Å². The monoisotopic (exact) mass is 363 g/mol. The van der Waals surface area contributed by atoms with Gasteiger partial charge in [-0.2, -0.15) is 0 Å². The SMILES string of the molecule is CN=C(NCc1cccs1)NCC1(N2CCCCC2)CCN(C)CC1. The summed E-state index contributed by atoms with van der Waals surface area (Å²) in [6.45, 7) is 6.74. The minimum atomic E-state index is 0.285. The van der Waals surface area contributed by atoms with Gasteiger partial charge in [-0.15, -0.1) is 11.3 Å². The van der Waals surface area contributed by atoms with Crippen LogP contribution >= 0.6 is 11.3 Å². The topological polar surface area (TPSA) is 42.9 Å². The summed E-state index contributed by atoms with van der Waals surface area (Å²) in [6, 6.07) is 4.26. The number of aliphatic imine (C=N–C) groups is 1. The molecule has 2 saturated heterocycles. The average molecular weight is 364 g/mol. The van der Waals surface area contributed by atoms with E-state index < -0.39 is 0 Å². The lowest BCUT2D eigenvalue weighted by atomic mass is 9.84. The fourth-order valence-corrected chi connectivity index (χ4v) is 4.71. The average Bonchev–Trinajstić information content (AvgIpc) is 3.18.